The van der Waals surface area contributed by atoms with Crippen molar-refractivity contribution in [1.82, 2.24) is 15.2 Å². The van der Waals surface area contributed by atoms with Gasteiger partial charge in [-0.3, -0.25) is 4.79 Å². The number of rotatable bonds is 4. The fourth-order valence-electron chi connectivity index (χ4n) is 2.90. The number of carboxylic acids is 1. The van der Waals surface area contributed by atoms with E-state index in [-0.39, 0.29) is 0 Å². The highest BCUT2D eigenvalue weighted by Gasteiger charge is 2.39. The first-order chi connectivity index (χ1) is 10.2. The zero-order valence-electron chi connectivity index (χ0n) is 11.7. The predicted octanol–water partition coefficient (Wildman–Crippen LogP) is 2.47. The van der Waals surface area contributed by atoms with Crippen LogP contribution in [0.4, 0.5) is 5.95 Å². The lowest BCUT2D eigenvalue weighted by Gasteiger charge is -2.33. The summed E-state index contributed by atoms with van der Waals surface area (Å²) in [6.45, 7) is 0.350. The third kappa shape index (κ3) is 2.79. The van der Waals surface area contributed by atoms with Gasteiger partial charge in [0.2, 0.25) is 5.95 Å². The van der Waals surface area contributed by atoms with Crippen LogP contribution in [0.5, 0.6) is 0 Å². The Bertz CT molecular complexity index is 653. The van der Waals surface area contributed by atoms with Gasteiger partial charge in [-0.25, -0.2) is 4.98 Å². The average Bonchev–Trinajstić information content (AvgIpc) is 2.53. The Morgan fingerprint density at radius 3 is 2.57 bits per heavy atom. The van der Waals surface area contributed by atoms with Crippen LogP contribution >= 0.6 is 0 Å². The van der Waals surface area contributed by atoms with Crippen LogP contribution in [0.25, 0.3) is 11.0 Å². The molecule has 1 aliphatic carbocycles. The first-order valence-electron chi connectivity index (χ1n) is 7.26. The van der Waals surface area contributed by atoms with Crippen molar-refractivity contribution in [2.75, 3.05) is 11.9 Å². The van der Waals surface area contributed by atoms with E-state index in [1.54, 1.807) is 0 Å². The minimum Gasteiger partial charge on any atom is -0.481 e. The highest BCUT2D eigenvalue weighted by atomic mass is 16.4. The summed E-state index contributed by atoms with van der Waals surface area (Å²) in [6.07, 6.45) is 4.45. The van der Waals surface area contributed by atoms with Gasteiger partial charge in [-0.15, -0.1) is 10.2 Å². The molecule has 1 fully saturated rings. The third-order valence-electron chi connectivity index (χ3n) is 4.21. The molecule has 1 aliphatic rings. The predicted molar refractivity (Wildman–Crippen MR) is 79.0 cm³/mol. The number of para-hydroxylation sites is 1. The molecule has 1 heterocycles. The Balaban J connectivity index is 1.76. The molecule has 0 saturated heterocycles. The molecule has 21 heavy (non-hydrogen) atoms. The van der Waals surface area contributed by atoms with Gasteiger partial charge in [-0.1, -0.05) is 31.4 Å². The summed E-state index contributed by atoms with van der Waals surface area (Å²) in [5.41, 5.74) is 0.782. The SMILES string of the molecule is O=C(O)C1(CNc2nnc3ccccc3n2)CCCCC1. The molecular formula is C15H18N4O2. The van der Waals surface area contributed by atoms with Crippen molar-refractivity contribution in [3.05, 3.63) is 24.3 Å². The molecule has 1 aromatic carbocycles. The fourth-order valence-corrected chi connectivity index (χ4v) is 2.90. The molecule has 0 bridgehead atoms. The molecule has 1 aromatic heterocycles. The fraction of sp³-hybridized carbons (Fsp3) is 0.467. The molecule has 110 valence electrons. The van der Waals surface area contributed by atoms with Crippen LogP contribution in [0.2, 0.25) is 0 Å². The van der Waals surface area contributed by atoms with E-state index in [4.69, 9.17) is 0 Å². The monoisotopic (exact) mass is 286 g/mol. The Morgan fingerprint density at radius 2 is 1.86 bits per heavy atom. The Labute approximate surface area is 122 Å². The number of fused-ring (bicyclic) bond motifs is 1. The minimum atomic E-state index is -0.733. The quantitative estimate of drug-likeness (QED) is 0.897. The number of aromatic nitrogens is 3. The second-order valence-electron chi connectivity index (χ2n) is 5.62. The second kappa shape index (κ2) is 5.63. The van der Waals surface area contributed by atoms with Gasteiger partial charge >= 0.3 is 5.97 Å². The molecule has 2 N–H and O–H groups in total. The van der Waals surface area contributed by atoms with Gasteiger partial charge in [-0.2, -0.15) is 0 Å². The zero-order valence-corrected chi connectivity index (χ0v) is 11.7. The van der Waals surface area contributed by atoms with Crippen molar-refractivity contribution in [1.29, 1.82) is 0 Å². The number of anilines is 1. The molecule has 0 aliphatic heterocycles. The Morgan fingerprint density at radius 1 is 1.14 bits per heavy atom. The number of carboxylic acid groups (broad SMARTS) is 1. The maximum Gasteiger partial charge on any atom is 0.311 e. The van der Waals surface area contributed by atoms with Crippen LogP contribution in [0.15, 0.2) is 24.3 Å². The van der Waals surface area contributed by atoms with E-state index < -0.39 is 11.4 Å². The number of hydrogen-bond donors (Lipinski definition) is 2. The van der Waals surface area contributed by atoms with Gasteiger partial charge in [0.15, 0.2) is 0 Å². The van der Waals surface area contributed by atoms with Crippen LogP contribution in [-0.4, -0.2) is 32.8 Å². The van der Waals surface area contributed by atoms with E-state index >= 15 is 0 Å². The summed E-state index contributed by atoms with van der Waals surface area (Å²) in [6, 6.07) is 7.48. The second-order valence-corrected chi connectivity index (χ2v) is 5.62. The first-order valence-corrected chi connectivity index (χ1v) is 7.26. The first kappa shape index (κ1) is 13.7. The molecule has 3 rings (SSSR count). The maximum absolute atomic E-state index is 11.6. The molecule has 6 nitrogen and oxygen atoms in total. The topological polar surface area (TPSA) is 88.0 Å². The lowest BCUT2D eigenvalue weighted by Crippen LogP contribution is -2.40. The maximum atomic E-state index is 11.6. The van der Waals surface area contributed by atoms with Gasteiger partial charge < -0.3 is 10.4 Å². The summed E-state index contributed by atoms with van der Waals surface area (Å²) < 4.78 is 0. The molecule has 0 radical (unpaired) electrons. The highest BCUT2D eigenvalue weighted by molar-refractivity contribution is 5.76. The largest absolute Gasteiger partial charge is 0.481 e. The number of aliphatic carboxylic acids is 1. The molecule has 1 saturated carbocycles. The van der Waals surface area contributed by atoms with Gasteiger partial charge in [0.1, 0.15) is 5.52 Å². The van der Waals surface area contributed by atoms with Crippen molar-refractivity contribution < 1.29 is 9.90 Å². The standard InChI is InChI=1S/C15H18N4O2/c20-13(21)15(8-4-1-5-9-15)10-16-14-17-11-6-2-3-7-12(11)18-19-14/h2-3,6-7H,1,4-5,8-10H2,(H,20,21)(H,16,17,19). The molecule has 0 unspecified atom stereocenters. The third-order valence-corrected chi connectivity index (χ3v) is 4.21. The normalized spacial score (nSPS) is 17.5. The smallest absolute Gasteiger partial charge is 0.311 e. The number of benzene rings is 1. The summed E-state index contributed by atoms with van der Waals surface area (Å²) >= 11 is 0. The van der Waals surface area contributed by atoms with E-state index in [1.165, 1.54) is 0 Å². The summed E-state index contributed by atoms with van der Waals surface area (Å²) in [4.78, 5) is 16.0. The van der Waals surface area contributed by atoms with Crippen LogP contribution in [-0.2, 0) is 4.79 Å². The van der Waals surface area contributed by atoms with Gasteiger partial charge in [0.25, 0.3) is 0 Å². The van der Waals surface area contributed by atoms with Gasteiger partial charge in [0.05, 0.1) is 10.9 Å². The van der Waals surface area contributed by atoms with E-state index in [2.05, 4.69) is 20.5 Å². The molecule has 2 aromatic rings. The zero-order chi connectivity index (χ0) is 14.7. The Kier molecular flexibility index (Phi) is 3.68. The van der Waals surface area contributed by atoms with Crippen LogP contribution in [0, 0.1) is 5.41 Å². The van der Waals surface area contributed by atoms with Crippen molar-refractivity contribution in [3.63, 3.8) is 0 Å². The molecular weight excluding hydrogens is 268 g/mol. The van der Waals surface area contributed by atoms with Gasteiger partial charge in [0, 0.05) is 6.54 Å². The van der Waals surface area contributed by atoms with Crippen LogP contribution in [0.3, 0.4) is 0 Å². The van der Waals surface area contributed by atoms with Crippen molar-refractivity contribution in [3.8, 4) is 0 Å². The van der Waals surface area contributed by atoms with E-state index in [0.29, 0.717) is 25.3 Å². The lowest BCUT2D eigenvalue weighted by atomic mass is 9.74. The van der Waals surface area contributed by atoms with E-state index in [0.717, 1.165) is 30.3 Å². The summed E-state index contributed by atoms with van der Waals surface area (Å²) in [5.74, 6) is -0.344. The average molecular weight is 286 g/mol. The lowest BCUT2D eigenvalue weighted by molar-refractivity contribution is -0.150. The minimum absolute atomic E-state index is 0.350. The molecule has 0 amide bonds. The van der Waals surface area contributed by atoms with Crippen LogP contribution < -0.4 is 5.32 Å². The summed E-state index contributed by atoms with van der Waals surface area (Å²) in [5, 5.41) is 20.7. The number of nitrogens with one attached hydrogen (secondary N) is 1. The van der Waals surface area contributed by atoms with Crippen molar-refractivity contribution >= 4 is 23.0 Å². The number of carbonyl (C=O) groups is 1. The Hall–Kier alpha value is -2.24. The van der Waals surface area contributed by atoms with Crippen LogP contribution in [0.1, 0.15) is 32.1 Å². The molecule has 0 spiro atoms. The number of nitrogens with zero attached hydrogens (tertiary/aromatic N) is 3. The van der Waals surface area contributed by atoms with Crippen molar-refractivity contribution in [2.24, 2.45) is 5.41 Å². The van der Waals surface area contributed by atoms with E-state index in [1.807, 2.05) is 24.3 Å². The highest BCUT2D eigenvalue weighted by Crippen LogP contribution is 2.36. The van der Waals surface area contributed by atoms with Crippen molar-refractivity contribution in [2.45, 2.75) is 32.1 Å². The summed E-state index contributed by atoms with van der Waals surface area (Å²) in [7, 11) is 0. The molecule has 0 atom stereocenters. The van der Waals surface area contributed by atoms with Gasteiger partial charge in [-0.05, 0) is 25.0 Å². The van der Waals surface area contributed by atoms with E-state index in [9.17, 15) is 9.90 Å². The number of hydrogen-bond acceptors (Lipinski definition) is 5. The molecule has 6 heteroatoms.